The van der Waals surface area contributed by atoms with E-state index in [1.807, 2.05) is 0 Å². The van der Waals surface area contributed by atoms with Crippen LogP contribution in [0.3, 0.4) is 0 Å². The SMILES string of the molecule is CCCCCCCCCCCCOS(=O)([O-])=S.CCCCCCCCCCCCOS(=O)([O-])=S.[Ni+2]. The summed E-state index contributed by atoms with van der Waals surface area (Å²) in [7, 11) is -7.30. The van der Waals surface area contributed by atoms with Crippen LogP contribution in [0, 0.1) is 0 Å². The van der Waals surface area contributed by atoms with Crippen molar-refractivity contribution in [1.29, 1.82) is 0 Å². The molecule has 0 aromatic carbocycles. The summed E-state index contributed by atoms with van der Waals surface area (Å²) in [5.74, 6) is 0. The molecular formula is C24H50NiO6S4. The summed E-state index contributed by atoms with van der Waals surface area (Å²) < 4.78 is 50.9. The molecule has 0 aliphatic rings. The van der Waals surface area contributed by atoms with Crippen molar-refractivity contribution in [3.05, 3.63) is 0 Å². The molecule has 0 aliphatic heterocycles. The standard InChI is InChI=1S/2C12H26O3S2.Ni/c2*1-2-3-4-5-6-7-8-9-10-11-12-15-17(13,14)16;/h2*2-12H2,1H3,(H,13,14,16);/q;;+2/p-2. The summed E-state index contributed by atoms with van der Waals surface area (Å²) >= 11 is 8.21. The van der Waals surface area contributed by atoms with Crippen molar-refractivity contribution in [1.82, 2.24) is 0 Å². The minimum absolute atomic E-state index is 0. The van der Waals surface area contributed by atoms with Crippen molar-refractivity contribution in [2.45, 2.75) is 142 Å². The van der Waals surface area contributed by atoms with Crippen LogP contribution >= 0.6 is 0 Å². The van der Waals surface area contributed by atoms with E-state index < -0.39 is 18.1 Å². The van der Waals surface area contributed by atoms with Crippen LogP contribution in [-0.2, 0) is 65.3 Å². The average Bonchev–Trinajstić information content (AvgIpc) is 2.75. The molecule has 0 N–H and O–H groups in total. The number of hydrogen-bond donors (Lipinski definition) is 0. The Morgan fingerprint density at radius 2 is 0.686 bits per heavy atom. The van der Waals surface area contributed by atoms with Crippen LogP contribution in [-0.4, -0.2) is 30.7 Å². The molecule has 2 atom stereocenters. The normalized spacial score (nSPS) is 14.3. The maximum atomic E-state index is 10.5. The first-order valence-electron chi connectivity index (χ1n) is 13.3. The van der Waals surface area contributed by atoms with Crippen LogP contribution in [0.2, 0.25) is 0 Å². The van der Waals surface area contributed by atoms with Gasteiger partial charge < -0.3 is 9.11 Å². The quantitative estimate of drug-likeness (QED) is 0.0811. The van der Waals surface area contributed by atoms with Crippen molar-refractivity contribution in [2.24, 2.45) is 0 Å². The van der Waals surface area contributed by atoms with Gasteiger partial charge >= 0.3 is 16.5 Å². The number of unbranched alkanes of at least 4 members (excludes halogenated alkanes) is 18. The molecule has 0 saturated carbocycles. The van der Waals surface area contributed by atoms with Gasteiger partial charge in [0.15, 0.2) is 0 Å². The largest absolute Gasteiger partial charge is 2.00 e. The van der Waals surface area contributed by atoms with Crippen molar-refractivity contribution in [3.8, 4) is 0 Å². The first kappa shape index (κ1) is 40.6. The van der Waals surface area contributed by atoms with Crippen LogP contribution < -0.4 is 0 Å². The predicted molar refractivity (Wildman–Crippen MR) is 148 cm³/mol. The first-order valence-corrected chi connectivity index (χ1v) is 18.0. The van der Waals surface area contributed by atoms with Gasteiger partial charge in [-0.05, 0) is 35.2 Å². The van der Waals surface area contributed by atoms with Crippen molar-refractivity contribution in [3.63, 3.8) is 0 Å². The van der Waals surface area contributed by atoms with Crippen LogP contribution in [0.15, 0.2) is 0 Å². The Balaban J connectivity index is -0.000000569. The van der Waals surface area contributed by atoms with Gasteiger partial charge in [-0.15, -0.1) is 0 Å². The van der Waals surface area contributed by atoms with Gasteiger partial charge in [0.2, 0.25) is 0 Å². The van der Waals surface area contributed by atoms with E-state index in [4.69, 9.17) is 0 Å². The Hall–Kier alpha value is 1.07. The Bertz CT molecular complexity index is 562. The predicted octanol–water partition coefficient (Wildman–Crippen LogP) is 7.43. The zero-order valence-corrected chi connectivity index (χ0v) is 26.2. The molecule has 0 aliphatic carbocycles. The van der Waals surface area contributed by atoms with Crippen molar-refractivity contribution < 1.29 is 42.4 Å². The molecule has 2 unspecified atom stereocenters. The zero-order valence-electron chi connectivity index (χ0n) is 22.0. The third kappa shape index (κ3) is 45.4. The fraction of sp³-hybridized carbons (Fsp3) is 1.00. The Kier molecular flexibility index (Phi) is 34.3. The summed E-state index contributed by atoms with van der Waals surface area (Å²) in [6.07, 6.45) is 24.4. The fourth-order valence-electron chi connectivity index (χ4n) is 3.50. The summed E-state index contributed by atoms with van der Waals surface area (Å²) in [5, 5.41) is 0. The minimum Gasteiger partial charge on any atom is -0.748 e. The van der Waals surface area contributed by atoms with Gasteiger partial charge in [0.05, 0.1) is 31.3 Å². The molecule has 35 heavy (non-hydrogen) atoms. The Morgan fingerprint density at radius 1 is 0.486 bits per heavy atom. The molecule has 0 fully saturated rings. The van der Waals surface area contributed by atoms with Crippen molar-refractivity contribution in [2.75, 3.05) is 13.2 Å². The summed E-state index contributed by atoms with van der Waals surface area (Å²) in [4.78, 5) is 0. The molecule has 0 heterocycles. The van der Waals surface area contributed by atoms with E-state index in [1.165, 1.54) is 89.9 Å². The molecule has 0 bridgehead atoms. The molecule has 0 saturated heterocycles. The summed E-state index contributed by atoms with van der Waals surface area (Å²) in [6.45, 7) is 4.93. The fourth-order valence-corrected chi connectivity index (χ4v) is 4.55. The van der Waals surface area contributed by atoms with Crippen LogP contribution in [0.5, 0.6) is 0 Å². The molecule has 6 nitrogen and oxygen atoms in total. The molecule has 0 aromatic rings. The molecule has 0 rings (SSSR count). The summed E-state index contributed by atoms with van der Waals surface area (Å²) in [5.41, 5.74) is 0. The topological polar surface area (TPSA) is 98.7 Å². The van der Waals surface area contributed by atoms with Gasteiger partial charge in [-0.1, -0.05) is 129 Å². The number of hydrogen-bond acceptors (Lipinski definition) is 8. The smallest absolute Gasteiger partial charge is 0.748 e. The second-order valence-corrected chi connectivity index (χ2v) is 13.4. The van der Waals surface area contributed by atoms with Crippen LogP contribution in [0.1, 0.15) is 142 Å². The third-order valence-electron chi connectivity index (χ3n) is 5.45. The van der Waals surface area contributed by atoms with Gasteiger partial charge in [-0.3, -0.25) is 8.37 Å². The number of rotatable bonds is 24. The molecule has 216 valence electrons. The van der Waals surface area contributed by atoms with Gasteiger partial charge in [-0.25, -0.2) is 8.42 Å². The van der Waals surface area contributed by atoms with Gasteiger partial charge in [0, 0.05) is 0 Å². The van der Waals surface area contributed by atoms with E-state index in [1.54, 1.807) is 0 Å². The van der Waals surface area contributed by atoms with E-state index in [2.05, 4.69) is 44.6 Å². The Morgan fingerprint density at radius 3 is 0.886 bits per heavy atom. The summed E-state index contributed by atoms with van der Waals surface area (Å²) in [6, 6.07) is 0. The molecule has 11 heteroatoms. The zero-order chi connectivity index (χ0) is 26.0. The molecule has 0 radical (unpaired) electrons. The average molecular weight is 622 g/mol. The molecule has 0 amide bonds. The second-order valence-electron chi connectivity index (χ2n) is 8.82. The first-order chi connectivity index (χ1) is 16.1. The van der Waals surface area contributed by atoms with Crippen molar-refractivity contribution >= 4 is 40.5 Å². The Labute approximate surface area is 237 Å². The molecule has 0 spiro atoms. The monoisotopic (exact) mass is 620 g/mol. The van der Waals surface area contributed by atoms with Crippen LogP contribution in [0.4, 0.5) is 0 Å². The van der Waals surface area contributed by atoms with E-state index >= 15 is 0 Å². The van der Waals surface area contributed by atoms with E-state index in [0.29, 0.717) is 0 Å². The van der Waals surface area contributed by atoms with E-state index in [9.17, 15) is 17.5 Å². The van der Waals surface area contributed by atoms with Gasteiger partial charge in [0.25, 0.3) is 0 Å². The minimum atomic E-state index is -3.65. The van der Waals surface area contributed by atoms with Crippen LogP contribution in [0.25, 0.3) is 0 Å². The van der Waals surface area contributed by atoms with Gasteiger partial charge in [0.1, 0.15) is 0 Å². The maximum Gasteiger partial charge on any atom is 2.00 e. The van der Waals surface area contributed by atoms with E-state index in [0.717, 1.165) is 38.5 Å². The third-order valence-corrected chi connectivity index (χ3v) is 6.94. The van der Waals surface area contributed by atoms with Gasteiger partial charge in [-0.2, -0.15) is 0 Å². The second kappa shape index (κ2) is 29.6. The molecule has 0 aromatic heterocycles. The molecular weight excluding hydrogens is 571 g/mol. The van der Waals surface area contributed by atoms with E-state index in [-0.39, 0.29) is 29.7 Å². The maximum absolute atomic E-state index is 10.5.